The van der Waals surface area contributed by atoms with Crippen LogP contribution in [0.1, 0.15) is 25.0 Å². The Morgan fingerprint density at radius 2 is 2.00 bits per heavy atom. The number of halogens is 1. The third-order valence-electron chi connectivity index (χ3n) is 2.71. The lowest BCUT2D eigenvalue weighted by molar-refractivity contribution is -0.119. The van der Waals surface area contributed by atoms with Crippen LogP contribution in [0.15, 0.2) is 16.6 Å². The molecular formula is C11H12BrNO. The first-order valence-electron chi connectivity index (χ1n) is 4.55. The SMILES string of the molecule is Cc1cc(Br)c2c(c1)C(C)(C)C(=O)N2. The minimum absolute atomic E-state index is 0.0683. The molecule has 1 aromatic carbocycles. The number of nitrogens with one attached hydrogen (secondary N) is 1. The van der Waals surface area contributed by atoms with E-state index in [-0.39, 0.29) is 5.91 Å². The predicted molar refractivity (Wildman–Crippen MR) is 60.5 cm³/mol. The zero-order valence-electron chi connectivity index (χ0n) is 8.44. The van der Waals surface area contributed by atoms with Crippen molar-refractivity contribution in [2.45, 2.75) is 26.2 Å². The van der Waals surface area contributed by atoms with Crippen molar-refractivity contribution in [3.05, 3.63) is 27.7 Å². The summed E-state index contributed by atoms with van der Waals surface area (Å²) in [5.74, 6) is 0.0683. The number of carbonyl (C=O) groups is 1. The Morgan fingerprint density at radius 3 is 2.64 bits per heavy atom. The minimum atomic E-state index is -0.413. The molecule has 0 saturated heterocycles. The summed E-state index contributed by atoms with van der Waals surface area (Å²) in [5.41, 5.74) is 2.75. The van der Waals surface area contributed by atoms with Gasteiger partial charge in [-0.15, -0.1) is 0 Å². The molecule has 1 aliphatic rings. The predicted octanol–water partition coefficient (Wildman–Crippen LogP) is 2.99. The fourth-order valence-corrected chi connectivity index (χ4v) is 2.43. The zero-order chi connectivity index (χ0) is 10.5. The van der Waals surface area contributed by atoms with Crippen LogP contribution in [0.4, 0.5) is 5.69 Å². The van der Waals surface area contributed by atoms with E-state index in [4.69, 9.17) is 0 Å². The quantitative estimate of drug-likeness (QED) is 0.757. The molecule has 1 heterocycles. The first kappa shape index (κ1) is 9.71. The van der Waals surface area contributed by atoms with Gasteiger partial charge in [0.05, 0.1) is 11.1 Å². The minimum Gasteiger partial charge on any atom is -0.324 e. The molecule has 2 nitrogen and oxygen atoms in total. The van der Waals surface area contributed by atoms with Crippen LogP contribution in [-0.2, 0) is 10.2 Å². The third kappa shape index (κ3) is 1.19. The highest BCUT2D eigenvalue weighted by atomic mass is 79.9. The molecule has 1 amide bonds. The van der Waals surface area contributed by atoms with E-state index in [1.807, 2.05) is 26.8 Å². The van der Waals surface area contributed by atoms with Crippen molar-refractivity contribution in [2.75, 3.05) is 5.32 Å². The molecule has 1 aliphatic heterocycles. The van der Waals surface area contributed by atoms with E-state index >= 15 is 0 Å². The van der Waals surface area contributed by atoms with Gasteiger partial charge in [0.15, 0.2) is 0 Å². The maximum absolute atomic E-state index is 11.7. The van der Waals surface area contributed by atoms with E-state index < -0.39 is 5.41 Å². The fourth-order valence-electron chi connectivity index (χ4n) is 1.75. The molecule has 0 aliphatic carbocycles. The second-order valence-electron chi connectivity index (χ2n) is 4.25. The summed E-state index contributed by atoms with van der Waals surface area (Å²) in [4.78, 5) is 11.7. The van der Waals surface area contributed by atoms with Crippen LogP contribution in [0.2, 0.25) is 0 Å². The van der Waals surface area contributed by atoms with Gasteiger partial charge in [-0.3, -0.25) is 4.79 Å². The van der Waals surface area contributed by atoms with E-state index in [1.165, 1.54) is 5.56 Å². The summed E-state index contributed by atoms with van der Waals surface area (Å²) < 4.78 is 0.964. The van der Waals surface area contributed by atoms with Gasteiger partial charge in [-0.25, -0.2) is 0 Å². The van der Waals surface area contributed by atoms with Gasteiger partial charge in [0.1, 0.15) is 0 Å². The lowest BCUT2D eigenvalue weighted by atomic mass is 9.85. The Kier molecular flexibility index (Phi) is 1.96. The van der Waals surface area contributed by atoms with E-state index in [1.54, 1.807) is 0 Å². The van der Waals surface area contributed by atoms with Crippen molar-refractivity contribution in [1.82, 2.24) is 0 Å². The number of fused-ring (bicyclic) bond motifs is 1. The summed E-state index contributed by atoms with van der Waals surface area (Å²) in [6.45, 7) is 5.92. The topological polar surface area (TPSA) is 29.1 Å². The highest BCUT2D eigenvalue weighted by Crippen LogP contribution is 2.41. The number of amides is 1. The normalized spacial score (nSPS) is 17.9. The molecule has 3 heteroatoms. The van der Waals surface area contributed by atoms with E-state index in [0.29, 0.717) is 0 Å². The molecule has 74 valence electrons. The van der Waals surface area contributed by atoms with Crippen LogP contribution in [0.3, 0.4) is 0 Å². The molecule has 0 atom stereocenters. The molecule has 0 bridgehead atoms. The highest BCUT2D eigenvalue weighted by Gasteiger charge is 2.39. The Balaban J connectivity index is 2.71. The van der Waals surface area contributed by atoms with Crippen molar-refractivity contribution < 1.29 is 4.79 Å². The lowest BCUT2D eigenvalue weighted by Gasteiger charge is -2.15. The molecule has 0 saturated carbocycles. The van der Waals surface area contributed by atoms with Crippen LogP contribution in [-0.4, -0.2) is 5.91 Å². The van der Waals surface area contributed by atoms with E-state index in [0.717, 1.165) is 15.7 Å². The maximum atomic E-state index is 11.7. The number of anilines is 1. The summed E-state index contributed by atoms with van der Waals surface area (Å²) in [6.07, 6.45) is 0. The van der Waals surface area contributed by atoms with E-state index in [9.17, 15) is 4.79 Å². The molecule has 0 aromatic heterocycles. The second-order valence-corrected chi connectivity index (χ2v) is 5.10. The summed E-state index contributed by atoms with van der Waals surface area (Å²) >= 11 is 3.46. The molecule has 2 rings (SSSR count). The first-order chi connectivity index (χ1) is 6.43. The van der Waals surface area contributed by atoms with Gasteiger partial charge in [0, 0.05) is 4.47 Å². The third-order valence-corrected chi connectivity index (χ3v) is 3.34. The molecule has 0 spiro atoms. The number of hydrogen-bond donors (Lipinski definition) is 1. The summed E-state index contributed by atoms with van der Waals surface area (Å²) in [7, 11) is 0. The number of rotatable bonds is 0. The molecular weight excluding hydrogens is 242 g/mol. The molecule has 0 unspecified atom stereocenters. The number of hydrogen-bond acceptors (Lipinski definition) is 1. The Hall–Kier alpha value is -0.830. The highest BCUT2D eigenvalue weighted by molar-refractivity contribution is 9.10. The molecule has 1 N–H and O–H groups in total. The van der Waals surface area contributed by atoms with Crippen LogP contribution in [0.25, 0.3) is 0 Å². The standard InChI is InChI=1S/C11H12BrNO/c1-6-4-7-9(8(12)5-6)13-10(14)11(7,2)3/h4-5H,1-3H3,(H,13,14). The largest absolute Gasteiger partial charge is 0.324 e. The number of carbonyl (C=O) groups excluding carboxylic acids is 1. The van der Waals surface area contributed by atoms with Crippen molar-refractivity contribution in [1.29, 1.82) is 0 Å². The van der Waals surface area contributed by atoms with Crippen LogP contribution < -0.4 is 5.32 Å². The Bertz CT molecular complexity index is 424. The fraction of sp³-hybridized carbons (Fsp3) is 0.364. The lowest BCUT2D eigenvalue weighted by Crippen LogP contribution is -2.26. The van der Waals surface area contributed by atoms with Crippen molar-refractivity contribution in [2.24, 2.45) is 0 Å². The van der Waals surface area contributed by atoms with Crippen molar-refractivity contribution in [3.63, 3.8) is 0 Å². The van der Waals surface area contributed by atoms with Gasteiger partial charge < -0.3 is 5.32 Å². The zero-order valence-corrected chi connectivity index (χ0v) is 10.0. The van der Waals surface area contributed by atoms with Crippen LogP contribution in [0, 0.1) is 6.92 Å². The number of aryl methyl sites for hydroxylation is 1. The van der Waals surface area contributed by atoms with Gasteiger partial charge in [0.25, 0.3) is 0 Å². The summed E-state index contributed by atoms with van der Waals surface area (Å²) in [6, 6.07) is 4.08. The average Bonchev–Trinajstić information content (AvgIpc) is 2.28. The summed E-state index contributed by atoms with van der Waals surface area (Å²) in [5, 5.41) is 2.90. The van der Waals surface area contributed by atoms with E-state index in [2.05, 4.69) is 27.3 Å². The average molecular weight is 254 g/mol. The Morgan fingerprint density at radius 1 is 1.36 bits per heavy atom. The Labute approximate surface area is 91.8 Å². The smallest absolute Gasteiger partial charge is 0.234 e. The molecule has 1 aromatic rings. The molecule has 0 radical (unpaired) electrons. The molecule has 0 fully saturated rings. The van der Waals surface area contributed by atoms with Crippen molar-refractivity contribution >= 4 is 27.5 Å². The van der Waals surface area contributed by atoms with Gasteiger partial charge in [-0.1, -0.05) is 6.07 Å². The monoisotopic (exact) mass is 253 g/mol. The van der Waals surface area contributed by atoms with Gasteiger partial charge in [-0.05, 0) is 53.9 Å². The van der Waals surface area contributed by atoms with Crippen molar-refractivity contribution in [3.8, 4) is 0 Å². The van der Waals surface area contributed by atoms with Crippen LogP contribution in [0.5, 0.6) is 0 Å². The number of benzene rings is 1. The first-order valence-corrected chi connectivity index (χ1v) is 5.34. The molecule has 14 heavy (non-hydrogen) atoms. The van der Waals surface area contributed by atoms with Gasteiger partial charge >= 0.3 is 0 Å². The van der Waals surface area contributed by atoms with Crippen LogP contribution >= 0.6 is 15.9 Å². The second kappa shape index (κ2) is 2.83. The van der Waals surface area contributed by atoms with Gasteiger partial charge in [-0.2, -0.15) is 0 Å². The van der Waals surface area contributed by atoms with Gasteiger partial charge in [0.2, 0.25) is 5.91 Å². The maximum Gasteiger partial charge on any atom is 0.234 e.